The molecule has 34 heteroatoms. The smallest absolute Gasteiger partial charge is 0.272 e. The molecule has 9 aromatic rings. The van der Waals surface area contributed by atoms with E-state index >= 15 is 0 Å². The van der Waals surface area contributed by atoms with E-state index in [1.54, 1.807) is 79.5 Å². The number of nitro benzene ring substituents is 1. The monoisotopic (exact) mass is 1360 g/mol. The minimum atomic E-state index is -0.928. The number of rotatable bonds is 30. The highest BCUT2D eigenvalue weighted by atomic mass is 16.6. The van der Waals surface area contributed by atoms with Crippen LogP contribution in [0.2, 0.25) is 0 Å². The highest BCUT2D eigenvalue weighted by Gasteiger charge is 2.36. The van der Waals surface area contributed by atoms with Crippen LogP contribution in [0.4, 0.5) is 45.5 Å². The van der Waals surface area contributed by atoms with Crippen LogP contribution < -0.4 is 68.7 Å². The number of carbonyl (C=O) groups is 12. The van der Waals surface area contributed by atoms with Gasteiger partial charge in [-0.1, -0.05) is 12.1 Å². The molecular weight excluding hydrogens is 1300 g/mol. The summed E-state index contributed by atoms with van der Waals surface area (Å²) in [5, 5.41) is 45.8. The molecule has 0 unspecified atom stereocenters. The third-order valence-corrected chi connectivity index (χ3v) is 16.0. The molecule has 0 radical (unpaired) electrons. The molecule has 1 aliphatic rings. The van der Waals surface area contributed by atoms with Crippen molar-refractivity contribution in [2.75, 3.05) is 89.2 Å². The first-order valence-corrected chi connectivity index (χ1v) is 30.8. The van der Waals surface area contributed by atoms with Crippen LogP contribution in [0, 0.1) is 10.1 Å². The van der Waals surface area contributed by atoms with E-state index in [4.69, 9.17) is 0 Å². The van der Waals surface area contributed by atoms with E-state index in [1.165, 1.54) is 106 Å². The Bertz CT molecular complexity index is 4580. The normalized spacial score (nSPS) is 11.6. The molecule has 0 saturated carbocycles. The number of anilines is 7. The second-order valence-electron chi connectivity index (χ2n) is 23.1. The van der Waals surface area contributed by atoms with Gasteiger partial charge in [-0.15, -0.1) is 0 Å². The zero-order chi connectivity index (χ0) is 71.6. The van der Waals surface area contributed by atoms with Gasteiger partial charge in [0.15, 0.2) is 0 Å². The highest BCUT2D eigenvalue weighted by molar-refractivity contribution is 6.36. The Morgan fingerprint density at radius 2 is 0.730 bits per heavy atom. The molecule has 0 spiro atoms. The van der Waals surface area contributed by atoms with Crippen LogP contribution in [-0.2, 0) is 51.9 Å². The van der Waals surface area contributed by atoms with Gasteiger partial charge in [0, 0.05) is 166 Å². The quantitative estimate of drug-likeness (QED) is 0.0101. The van der Waals surface area contributed by atoms with Crippen LogP contribution in [0.15, 0.2) is 122 Å². The molecule has 0 atom stereocenters. The van der Waals surface area contributed by atoms with Crippen molar-refractivity contribution in [1.29, 1.82) is 0 Å². The number of aromatic nitrogens is 6. The fraction of sp³-hybridized carbons (Fsp3) is 0.212. The number of non-ortho nitro benzene ring substituents is 1. The van der Waals surface area contributed by atoms with Crippen LogP contribution >= 0.6 is 0 Å². The summed E-state index contributed by atoms with van der Waals surface area (Å²) in [5.41, 5.74) is 2.68. The summed E-state index contributed by atoms with van der Waals surface area (Å²) in [5.74, 6) is -6.01. The van der Waals surface area contributed by atoms with E-state index in [2.05, 4.69) is 63.8 Å². The zero-order valence-corrected chi connectivity index (χ0v) is 54.7. The first-order chi connectivity index (χ1) is 47.9. The van der Waals surface area contributed by atoms with Gasteiger partial charge >= 0.3 is 0 Å². The lowest BCUT2D eigenvalue weighted by Crippen LogP contribution is -2.41. The number of carbonyl (C=O) groups excluding carboxylic acids is 12. The van der Waals surface area contributed by atoms with Crippen molar-refractivity contribution >= 4 is 128 Å². The first kappa shape index (κ1) is 69.6. The lowest BCUT2D eigenvalue weighted by atomic mass is 9.92. The number of hydrogen-bond acceptors (Lipinski definition) is 16. The Labute approximate surface area is 567 Å². The van der Waals surface area contributed by atoms with Gasteiger partial charge in [-0.05, 0) is 66.0 Å². The van der Waals surface area contributed by atoms with E-state index in [1.807, 2.05) is 0 Å². The number of nitrogens with zero attached hydrogens (tertiary/aromatic N) is 8. The number of imide groups is 1. The Kier molecular flexibility index (Phi) is 21.0. The number of nitrogens with one attached hydrogen (secondary N) is 12. The van der Waals surface area contributed by atoms with Gasteiger partial charge in [0.2, 0.25) is 12.8 Å². The van der Waals surface area contributed by atoms with Gasteiger partial charge in [-0.25, -0.2) is 4.90 Å². The Hall–Kier alpha value is -13.2. The molecule has 0 fully saturated rings. The summed E-state index contributed by atoms with van der Waals surface area (Å²) in [6.07, 6.45) is 10.4. The molecule has 0 bridgehead atoms. The largest absolute Gasteiger partial charge is 0.351 e. The zero-order valence-electron chi connectivity index (χ0n) is 54.7. The van der Waals surface area contributed by atoms with E-state index in [9.17, 15) is 67.6 Å². The van der Waals surface area contributed by atoms with Gasteiger partial charge in [-0.3, -0.25) is 67.6 Å². The summed E-state index contributed by atoms with van der Waals surface area (Å²) in [6, 6.07) is 19.6. The Morgan fingerprint density at radius 3 is 1.09 bits per heavy atom. The van der Waals surface area contributed by atoms with Crippen molar-refractivity contribution in [3.05, 3.63) is 189 Å². The standard InChI is InChI=1S/C66H68N20O14/c1-79-29-40(73-35-87)22-52(79)61(93)77-44-26-54(83(5)33-44)63(95)75-42-24-50(81(3)31-42)59(91)71-16-12-67-10-14-69-57(89)38-18-39(21-46(20-38)85-65(97)48-9-7-8-37-19-47(86(99)100)28-49(56(37)48)66(85)98)58(90)70-15-11-68-13-17-72-60(92)51-25-43(32-82(51)4)76-64(96)55-27-45(34-84(55)6)78-62(94)53-23-41(74-36-88)30-80(53)2/h7-9,18-36,67-68H,10-17H2,1-6H3,(H,69,89)(H,70,90)(H,71,91)(H,72,92)(H,73,87)(H,74,88)(H,75,95)(H,76,96)(H,77,93)(H,78,94). The molecule has 100 heavy (non-hydrogen) atoms. The third kappa shape index (κ3) is 15.7. The average Bonchev–Trinajstić information content (AvgIpc) is 1.03. The lowest BCUT2D eigenvalue weighted by molar-refractivity contribution is -0.384. The van der Waals surface area contributed by atoms with Crippen molar-refractivity contribution in [3.63, 3.8) is 0 Å². The van der Waals surface area contributed by atoms with E-state index in [0.717, 1.165) is 11.0 Å². The maximum atomic E-state index is 14.3. The van der Waals surface area contributed by atoms with Crippen molar-refractivity contribution in [3.8, 4) is 0 Å². The maximum absolute atomic E-state index is 14.3. The minimum absolute atomic E-state index is 0.0297. The molecule has 516 valence electrons. The predicted octanol–water partition coefficient (Wildman–Crippen LogP) is 3.22. The molecule has 1 aliphatic heterocycles. The van der Waals surface area contributed by atoms with Gasteiger partial charge in [-0.2, -0.15) is 0 Å². The van der Waals surface area contributed by atoms with Gasteiger partial charge < -0.3 is 91.2 Å². The number of amides is 12. The van der Waals surface area contributed by atoms with Crippen LogP contribution in [0.25, 0.3) is 10.8 Å². The highest BCUT2D eigenvalue weighted by Crippen LogP contribution is 2.36. The van der Waals surface area contributed by atoms with Crippen LogP contribution in [0.5, 0.6) is 0 Å². The first-order valence-electron chi connectivity index (χ1n) is 30.8. The summed E-state index contributed by atoms with van der Waals surface area (Å²) in [4.78, 5) is 169. The molecule has 12 amide bonds. The number of nitro groups is 1. The summed E-state index contributed by atoms with van der Waals surface area (Å²) < 4.78 is 9.18. The van der Waals surface area contributed by atoms with Gasteiger partial charge in [0.1, 0.15) is 34.2 Å². The molecular formula is C66H68N20O14. The molecule has 0 saturated heterocycles. The molecule has 6 aromatic heterocycles. The average molecular weight is 1370 g/mol. The van der Waals surface area contributed by atoms with Gasteiger partial charge in [0.05, 0.1) is 50.3 Å². The Balaban J connectivity index is 0.701. The molecule has 3 aromatic carbocycles. The number of hydrogen-bond donors (Lipinski definition) is 12. The van der Waals surface area contributed by atoms with E-state index in [-0.39, 0.29) is 125 Å². The maximum Gasteiger partial charge on any atom is 0.272 e. The third-order valence-electron chi connectivity index (χ3n) is 16.0. The number of benzene rings is 3. The summed E-state index contributed by atoms with van der Waals surface area (Å²) in [7, 11) is 9.79. The molecule has 34 nitrogen and oxygen atoms in total. The second kappa shape index (κ2) is 30.2. The van der Waals surface area contributed by atoms with Crippen molar-refractivity contribution < 1.29 is 62.5 Å². The summed E-state index contributed by atoms with van der Waals surface area (Å²) in [6.45, 7) is 1.24. The molecule has 0 aliphatic carbocycles. The summed E-state index contributed by atoms with van der Waals surface area (Å²) >= 11 is 0. The topological polar surface area (TPSA) is 425 Å². The molecule has 12 N–H and O–H groups in total. The van der Waals surface area contributed by atoms with Crippen LogP contribution in [0.3, 0.4) is 0 Å². The van der Waals surface area contributed by atoms with Crippen molar-refractivity contribution in [2.45, 2.75) is 0 Å². The molecule has 7 heterocycles. The minimum Gasteiger partial charge on any atom is -0.351 e. The SMILES string of the molecule is Cn1cc(NC(=O)c2cc(NC(=O)c3cc(NC=O)cn3C)cn2C)cc1C(=O)NCCNCCNC(=O)c1cc(C(=O)NCCNCCNC(=O)c2cc(NC(=O)c3cc(NC(=O)c4cc(NC=O)cn4C)cn3C)cn2C)cc(N2C(=O)c3cccc4cc([N+](=O)[O-])cc(c34)C2=O)c1. The number of aryl methyl sites for hydroxylation is 6. The van der Waals surface area contributed by atoms with E-state index in [0.29, 0.717) is 46.9 Å². The van der Waals surface area contributed by atoms with Crippen molar-refractivity contribution in [2.24, 2.45) is 42.3 Å². The Morgan fingerprint density at radius 1 is 0.400 bits per heavy atom. The lowest BCUT2D eigenvalue weighted by Gasteiger charge is -2.27. The fourth-order valence-corrected chi connectivity index (χ4v) is 11.2. The van der Waals surface area contributed by atoms with Gasteiger partial charge in [0.25, 0.3) is 64.8 Å². The van der Waals surface area contributed by atoms with Crippen LogP contribution in [0.1, 0.15) is 104 Å². The second-order valence-corrected chi connectivity index (χ2v) is 23.1. The van der Waals surface area contributed by atoms with Crippen molar-refractivity contribution in [1.82, 2.24) is 59.3 Å². The predicted molar refractivity (Wildman–Crippen MR) is 367 cm³/mol. The van der Waals surface area contributed by atoms with Crippen LogP contribution in [-0.4, -0.2) is 157 Å². The molecule has 10 rings (SSSR count). The van der Waals surface area contributed by atoms with E-state index < -0.39 is 69.7 Å². The fourth-order valence-electron chi connectivity index (χ4n) is 11.2.